The van der Waals surface area contributed by atoms with Gasteiger partial charge in [0.25, 0.3) is 0 Å². The van der Waals surface area contributed by atoms with Gasteiger partial charge in [0.1, 0.15) is 4.34 Å². The Bertz CT molecular complexity index is 436. The minimum absolute atomic E-state index is 0. The lowest BCUT2D eigenvalue weighted by Crippen LogP contribution is -2.39. The van der Waals surface area contributed by atoms with Crippen LogP contribution in [0.5, 0.6) is 0 Å². The fraction of sp³-hybridized carbons (Fsp3) is 0.765. The Morgan fingerprint density at radius 3 is 2.65 bits per heavy atom. The largest absolute Gasteiger partial charge is 0.379 e. The molecule has 0 aliphatic carbocycles. The standard InChI is InChI=1S/C17H32N4O2S2.HI/c1-3-5-10-22-12-13-23-11-8-20-16(18-4-2)19-7-6-14-24-17-21-9-15-25-17;/h9,15H,3-8,10-14H2,1-2H3,(H2,18,19,20);1H. The predicted molar refractivity (Wildman–Crippen MR) is 123 cm³/mol. The number of nitrogens with one attached hydrogen (secondary N) is 2. The molecule has 0 radical (unpaired) electrons. The summed E-state index contributed by atoms with van der Waals surface area (Å²) in [7, 11) is 0. The van der Waals surface area contributed by atoms with Gasteiger partial charge in [0.15, 0.2) is 5.96 Å². The van der Waals surface area contributed by atoms with Gasteiger partial charge in [-0.05, 0) is 19.8 Å². The molecule has 152 valence electrons. The lowest BCUT2D eigenvalue weighted by molar-refractivity contribution is 0.0487. The quantitative estimate of drug-likeness (QED) is 0.122. The van der Waals surface area contributed by atoms with Gasteiger partial charge in [-0.2, -0.15) is 0 Å². The maximum atomic E-state index is 5.55. The number of thiazole rings is 1. The van der Waals surface area contributed by atoms with Crippen LogP contribution in [0.15, 0.2) is 20.9 Å². The molecule has 1 rings (SSSR count). The summed E-state index contributed by atoms with van der Waals surface area (Å²) in [5, 5.41) is 8.55. The fourth-order valence-electron chi connectivity index (χ4n) is 1.85. The van der Waals surface area contributed by atoms with E-state index in [0.717, 1.165) is 55.1 Å². The Labute approximate surface area is 183 Å². The molecule has 1 heterocycles. The lowest BCUT2D eigenvalue weighted by atomic mass is 10.4. The van der Waals surface area contributed by atoms with E-state index in [1.165, 1.54) is 6.42 Å². The third-order valence-electron chi connectivity index (χ3n) is 3.10. The van der Waals surface area contributed by atoms with Crippen molar-refractivity contribution in [1.82, 2.24) is 15.6 Å². The minimum Gasteiger partial charge on any atom is -0.379 e. The summed E-state index contributed by atoms with van der Waals surface area (Å²) >= 11 is 3.48. The second kappa shape index (κ2) is 19.7. The summed E-state index contributed by atoms with van der Waals surface area (Å²) in [6.07, 6.45) is 5.16. The molecule has 1 aromatic rings. The zero-order valence-electron chi connectivity index (χ0n) is 15.9. The molecule has 0 amide bonds. The number of aliphatic imine (C=N–C) groups is 1. The van der Waals surface area contributed by atoms with Gasteiger partial charge in [-0.1, -0.05) is 25.1 Å². The van der Waals surface area contributed by atoms with Gasteiger partial charge < -0.3 is 20.1 Å². The third kappa shape index (κ3) is 15.0. The van der Waals surface area contributed by atoms with Gasteiger partial charge in [0, 0.05) is 43.6 Å². The maximum Gasteiger partial charge on any atom is 0.191 e. The summed E-state index contributed by atoms with van der Waals surface area (Å²) in [5.74, 6) is 1.89. The number of guanidine groups is 1. The molecule has 0 saturated heterocycles. The monoisotopic (exact) mass is 516 g/mol. The van der Waals surface area contributed by atoms with Gasteiger partial charge in [-0.15, -0.1) is 35.3 Å². The fourth-order valence-corrected chi connectivity index (χ4v) is 3.48. The van der Waals surface area contributed by atoms with Crippen molar-refractivity contribution in [2.75, 3.05) is 51.8 Å². The average molecular weight is 517 g/mol. The van der Waals surface area contributed by atoms with Crippen molar-refractivity contribution in [2.45, 2.75) is 37.4 Å². The number of halogens is 1. The number of aromatic nitrogens is 1. The molecule has 26 heavy (non-hydrogen) atoms. The van der Waals surface area contributed by atoms with Crippen molar-refractivity contribution in [3.05, 3.63) is 11.6 Å². The van der Waals surface area contributed by atoms with Crippen LogP contribution in [0.25, 0.3) is 0 Å². The number of hydrogen-bond acceptors (Lipinski definition) is 6. The van der Waals surface area contributed by atoms with E-state index in [1.54, 1.807) is 23.1 Å². The molecule has 0 aromatic carbocycles. The van der Waals surface area contributed by atoms with E-state index in [2.05, 4.69) is 34.5 Å². The Hall–Kier alpha value is -0.100. The van der Waals surface area contributed by atoms with Gasteiger partial charge in [-0.3, -0.25) is 4.99 Å². The van der Waals surface area contributed by atoms with E-state index >= 15 is 0 Å². The zero-order valence-corrected chi connectivity index (χ0v) is 19.8. The number of thioether (sulfide) groups is 1. The maximum absolute atomic E-state index is 5.55. The summed E-state index contributed by atoms with van der Waals surface area (Å²) in [4.78, 5) is 8.85. The molecular weight excluding hydrogens is 483 g/mol. The molecule has 0 fully saturated rings. The molecule has 1 aromatic heterocycles. The van der Waals surface area contributed by atoms with Gasteiger partial charge in [0.05, 0.1) is 19.8 Å². The summed E-state index contributed by atoms with van der Waals surface area (Å²) < 4.78 is 12.1. The van der Waals surface area contributed by atoms with Crippen LogP contribution in [-0.4, -0.2) is 62.8 Å². The predicted octanol–water partition coefficient (Wildman–Crippen LogP) is 3.63. The van der Waals surface area contributed by atoms with Crippen LogP contribution in [-0.2, 0) is 9.47 Å². The van der Waals surface area contributed by atoms with E-state index in [4.69, 9.17) is 9.47 Å². The number of ether oxygens (including phenoxy) is 2. The van der Waals surface area contributed by atoms with Gasteiger partial charge in [0.2, 0.25) is 0 Å². The number of rotatable bonds is 15. The minimum atomic E-state index is 0. The number of nitrogens with zero attached hydrogens (tertiary/aromatic N) is 2. The zero-order chi connectivity index (χ0) is 18.0. The van der Waals surface area contributed by atoms with Crippen LogP contribution >= 0.6 is 47.1 Å². The third-order valence-corrected chi connectivity index (χ3v) is 5.16. The van der Waals surface area contributed by atoms with Crippen molar-refractivity contribution in [3.8, 4) is 0 Å². The Morgan fingerprint density at radius 1 is 1.15 bits per heavy atom. The first-order valence-electron chi connectivity index (χ1n) is 9.06. The lowest BCUT2D eigenvalue weighted by Gasteiger charge is -2.11. The number of hydrogen-bond donors (Lipinski definition) is 2. The van der Waals surface area contributed by atoms with E-state index in [-0.39, 0.29) is 24.0 Å². The highest BCUT2D eigenvalue weighted by molar-refractivity contribution is 14.0. The summed E-state index contributed by atoms with van der Waals surface area (Å²) in [6, 6.07) is 0. The molecule has 0 bridgehead atoms. The average Bonchev–Trinajstić information content (AvgIpc) is 3.13. The summed E-state index contributed by atoms with van der Waals surface area (Å²) in [5.41, 5.74) is 0. The highest BCUT2D eigenvalue weighted by Gasteiger charge is 1.98. The first-order chi connectivity index (χ1) is 12.4. The van der Waals surface area contributed by atoms with Crippen molar-refractivity contribution < 1.29 is 9.47 Å². The second-order valence-electron chi connectivity index (χ2n) is 5.27. The summed E-state index contributed by atoms with van der Waals surface area (Å²) in [6.45, 7) is 9.43. The molecule has 9 heteroatoms. The molecule has 2 N–H and O–H groups in total. The first-order valence-corrected chi connectivity index (χ1v) is 10.9. The molecule has 0 spiro atoms. The highest BCUT2D eigenvalue weighted by Crippen LogP contribution is 2.20. The first kappa shape index (κ1) is 25.9. The van der Waals surface area contributed by atoms with E-state index in [1.807, 2.05) is 11.6 Å². The Kier molecular flexibility index (Phi) is 19.6. The van der Waals surface area contributed by atoms with Crippen LogP contribution < -0.4 is 10.6 Å². The van der Waals surface area contributed by atoms with E-state index in [9.17, 15) is 0 Å². The molecule has 0 atom stereocenters. The van der Waals surface area contributed by atoms with E-state index in [0.29, 0.717) is 19.8 Å². The Balaban J connectivity index is 0.00000625. The van der Waals surface area contributed by atoms with Crippen molar-refractivity contribution >= 4 is 53.0 Å². The van der Waals surface area contributed by atoms with Crippen molar-refractivity contribution in [3.63, 3.8) is 0 Å². The molecule has 0 aliphatic rings. The smallest absolute Gasteiger partial charge is 0.191 e. The van der Waals surface area contributed by atoms with Crippen LogP contribution in [0.1, 0.15) is 33.1 Å². The van der Waals surface area contributed by atoms with E-state index < -0.39 is 0 Å². The molecule has 0 saturated carbocycles. The van der Waals surface area contributed by atoms with Crippen LogP contribution in [0.3, 0.4) is 0 Å². The normalized spacial score (nSPS) is 11.2. The van der Waals surface area contributed by atoms with Crippen LogP contribution in [0.4, 0.5) is 0 Å². The van der Waals surface area contributed by atoms with Gasteiger partial charge >= 0.3 is 0 Å². The van der Waals surface area contributed by atoms with Crippen molar-refractivity contribution in [2.24, 2.45) is 4.99 Å². The topological polar surface area (TPSA) is 67.8 Å². The van der Waals surface area contributed by atoms with Crippen molar-refractivity contribution in [1.29, 1.82) is 0 Å². The molecule has 0 unspecified atom stereocenters. The van der Waals surface area contributed by atoms with Crippen LogP contribution in [0.2, 0.25) is 0 Å². The second-order valence-corrected chi connectivity index (χ2v) is 7.50. The SMILES string of the molecule is CCCCOCCOCCNC(=NCCCSc1nccs1)NCC.I. The number of unbranched alkanes of at least 4 members (excludes halogenated alkanes) is 1. The molecular formula is C17H33IN4O2S2. The Morgan fingerprint density at radius 2 is 1.96 bits per heavy atom. The van der Waals surface area contributed by atoms with Crippen LogP contribution in [0, 0.1) is 0 Å². The highest BCUT2D eigenvalue weighted by atomic mass is 127. The molecule has 6 nitrogen and oxygen atoms in total. The molecule has 0 aliphatic heterocycles. The van der Waals surface area contributed by atoms with Gasteiger partial charge in [-0.25, -0.2) is 4.98 Å².